The summed E-state index contributed by atoms with van der Waals surface area (Å²) in [6, 6.07) is 14.6. The first-order chi connectivity index (χ1) is 11.5. The summed E-state index contributed by atoms with van der Waals surface area (Å²) in [4.78, 5) is 31.2. The monoisotopic (exact) mass is 339 g/mol. The van der Waals surface area contributed by atoms with Crippen LogP contribution in [0.15, 0.2) is 53.7 Å². The smallest absolute Gasteiger partial charge is 0.237 e. The molecule has 0 aliphatic carbocycles. The van der Waals surface area contributed by atoms with Crippen molar-refractivity contribution >= 4 is 40.2 Å². The highest BCUT2D eigenvalue weighted by Crippen LogP contribution is 2.24. The molecule has 0 saturated heterocycles. The average Bonchev–Trinajstić information content (AvgIpc) is 2.97. The Morgan fingerprint density at radius 3 is 2.50 bits per heavy atom. The number of hydrogen-bond acceptors (Lipinski definition) is 4. The summed E-state index contributed by atoms with van der Waals surface area (Å²) >= 11 is 1.37. The van der Waals surface area contributed by atoms with Crippen molar-refractivity contribution in [2.75, 3.05) is 5.32 Å². The highest BCUT2D eigenvalue weighted by molar-refractivity contribution is 8.00. The van der Waals surface area contributed by atoms with Crippen LogP contribution in [0.5, 0.6) is 0 Å². The number of aromatic amines is 1. The van der Waals surface area contributed by atoms with Gasteiger partial charge < -0.3 is 10.3 Å². The van der Waals surface area contributed by atoms with Gasteiger partial charge in [0.2, 0.25) is 5.91 Å². The Balaban J connectivity index is 1.64. The molecule has 122 valence electrons. The third kappa shape index (κ3) is 3.65. The average molecular weight is 339 g/mol. The number of H-pyrrole nitrogens is 1. The second kappa shape index (κ2) is 6.88. The van der Waals surface area contributed by atoms with Crippen molar-refractivity contribution in [1.29, 1.82) is 0 Å². The van der Waals surface area contributed by atoms with Gasteiger partial charge in [-0.15, -0.1) is 0 Å². The van der Waals surface area contributed by atoms with E-state index in [4.69, 9.17) is 0 Å². The highest BCUT2D eigenvalue weighted by Gasteiger charge is 2.16. The zero-order valence-corrected chi connectivity index (χ0v) is 14.2. The Labute approximate surface area is 143 Å². The number of hydrogen-bond donors (Lipinski definition) is 2. The van der Waals surface area contributed by atoms with Crippen LogP contribution < -0.4 is 5.32 Å². The van der Waals surface area contributed by atoms with Gasteiger partial charge in [0.05, 0.1) is 16.3 Å². The minimum atomic E-state index is -0.307. The van der Waals surface area contributed by atoms with Gasteiger partial charge in [-0.1, -0.05) is 23.9 Å². The maximum atomic E-state index is 12.3. The van der Waals surface area contributed by atoms with Crippen LogP contribution in [0.3, 0.4) is 0 Å². The van der Waals surface area contributed by atoms with Crippen molar-refractivity contribution in [3.8, 4) is 0 Å². The lowest BCUT2D eigenvalue weighted by atomic mass is 10.1. The molecule has 1 heterocycles. The number of rotatable bonds is 5. The van der Waals surface area contributed by atoms with E-state index in [0.29, 0.717) is 16.4 Å². The zero-order valence-electron chi connectivity index (χ0n) is 13.4. The first kappa shape index (κ1) is 16.3. The molecule has 0 fully saturated rings. The minimum Gasteiger partial charge on any atom is -0.333 e. The van der Waals surface area contributed by atoms with Crippen molar-refractivity contribution in [2.24, 2.45) is 0 Å². The Bertz CT molecular complexity index is 854. The second-order valence-electron chi connectivity index (χ2n) is 5.44. The van der Waals surface area contributed by atoms with Gasteiger partial charge >= 0.3 is 0 Å². The molecule has 24 heavy (non-hydrogen) atoms. The van der Waals surface area contributed by atoms with E-state index in [1.807, 2.05) is 31.2 Å². The number of ketones is 1. The number of anilines is 1. The van der Waals surface area contributed by atoms with Gasteiger partial charge in [0, 0.05) is 11.3 Å². The van der Waals surface area contributed by atoms with Crippen molar-refractivity contribution in [3.63, 3.8) is 0 Å². The predicted molar refractivity (Wildman–Crippen MR) is 96.5 cm³/mol. The standard InChI is InChI=1S/C18H17N3O2S/c1-11(22)13-7-9-14(10-8-13)19-17(23)12(2)24-18-20-15-5-3-4-6-16(15)21-18/h3-10,12H,1-2H3,(H,19,23)(H,20,21)/t12-/m0/s1. The predicted octanol–water partition coefficient (Wildman–Crippen LogP) is 3.88. The summed E-state index contributed by atoms with van der Waals surface area (Å²) in [5, 5.41) is 3.26. The number of amides is 1. The molecule has 0 bridgehead atoms. The molecular formula is C18H17N3O2S. The zero-order chi connectivity index (χ0) is 17.1. The van der Waals surface area contributed by atoms with E-state index in [-0.39, 0.29) is 16.9 Å². The Hall–Kier alpha value is -2.60. The van der Waals surface area contributed by atoms with E-state index in [9.17, 15) is 9.59 Å². The maximum absolute atomic E-state index is 12.3. The molecule has 1 atom stereocenters. The number of benzene rings is 2. The summed E-state index contributed by atoms with van der Waals surface area (Å²) in [6.07, 6.45) is 0. The van der Waals surface area contributed by atoms with E-state index >= 15 is 0 Å². The summed E-state index contributed by atoms with van der Waals surface area (Å²) in [5.74, 6) is -0.113. The molecule has 6 heteroatoms. The second-order valence-corrected chi connectivity index (χ2v) is 6.77. The first-order valence-corrected chi connectivity index (χ1v) is 8.44. The maximum Gasteiger partial charge on any atom is 0.237 e. The van der Waals surface area contributed by atoms with Crippen LogP contribution >= 0.6 is 11.8 Å². The molecule has 0 radical (unpaired) electrons. The highest BCUT2D eigenvalue weighted by atomic mass is 32.2. The summed E-state index contributed by atoms with van der Waals surface area (Å²) < 4.78 is 0. The molecule has 0 aliphatic heterocycles. The molecule has 2 N–H and O–H groups in total. The fraction of sp³-hybridized carbons (Fsp3) is 0.167. The van der Waals surface area contributed by atoms with Gasteiger partial charge in [0.15, 0.2) is 10.9 Å². The largest absolute Gasteiger partial charge is 0.333 e. The number of carbonyl (C=O) groups excluding carboxylic acids is 2. The van der Waals surface area contributed by atoms with Crippen LogP contribution in [-0.4, -0.2) is 26.9 Å². The van der Waals surface area contributed by atoms with Crippen molar-refractivity contribution in [1.82, 2.24) is 9.97 Å². The third-order valence-corrected chi connectivity index (χ3v) is 4.57. The lowest BCUT2D eigenvalue weighted by Crippen LogP contribution is -2.22. The number of Topliss-reactive ketones (excluding diaryl/α,β-unsaturated/α-hetero) is 1. The van der Waals surface area contributed by atoms with Gasteiger partial charge in [0.25, 0.3) is 0 Å². The summed E-state index contributed by atoms with van der Waals surface area (Å²) in [6.45, 7) is 3.34. The molecule has 2 aromatic carbocycles. The number of nitrogens with one attached hydrogen (secondary N) is 2. The lowest BCUT2D eigenvalue weighted by molar-refractivity contribution is -0.115. The summed E-state index contributed by atoms with van der Waals surface area (Å²) in [7, 11) is 0. The van der Waals surface area contributed by atoms with E-state index < -0.39 is 0 Å². The lowest BCUT2D eigenvalue weighted by Gasteiger charge is -2.10. The molecule has 3 rings (SSSR count). The van der Waals surface area contributed by atoms with E-state index in [1.54, 1.807) is 24.3 Å². The summed E-state index contributed by atoms with van der Waals surface area (Å²) in [5.41, 5.74) is 3.12. The SMILES string of the molecule is CC(=O)c1ccc(NC(=O)[C@H](C)Sc2nc3ccccc3[nH]2)cc1. The van der Waals surface area contributed by atoms with E-state index in [2.05, 4.69) is 15.3 Å². The van der Waals surface area contributed by atoms with Gasteiger partial charge in [0.1, 0.15) is 0 Å². The van der Waals surface area contributed by atoms with Gasteiger partial charge in [-0.3, -0.25) is 9.59 Å². The Morgan fingerprint density at radius 2 is 1.83 bits per heavy atom. The van der Waals surface area contributed by atoms with Gasteiger partial charge in [-0.25, -0.2) is 4.98 Å². The number of para-hydroxylation sites is 2. The number of fused-ring (bicyclic) bond motifs is 1. The van der Waals surface area contributed by atoms with Crippen molar-refractivity contribution in [2.45, 2.75) is 24.3 Å². The van der Waals surface area contributed by atoms with E-state index in [1.165, 1.54) is 18.7 Å². The van der Waals surface area contributed by atoms with Crippen LogP contribution in [-0.2, 0) is 4.79 Å². The topological polar surface area (TPSA) is 74.8 Å². The molecule has 0 aliphatic rings. The van der Waals surface area contributed by atoms with Crippen molar-refractivity contribution < 1.29 is 9.59 Å². The number of aromatic nitrogens is 2. The fourth-order valence-electron chi connectivity index (χ4n) is 2.24. The van der Waals surface area contributed by atoms with Crippen LogP contribution in [0.4, 0.5) is 5.69 Å². The van der Waals surface area contributed by atoms with Crippen molar-refractivity contribution in [3.05, 3.63) is 54.1 Å². The third-order valence-electron chi connectivity index (χ3n) is 3.58. The Kier molecular flexibility index (Phi) is 4.66. The minimum absolute atomic E-state index is 0.00156. The fourth-order valence-corrected chi connectivity index (χ4v) is 3.06. The quantitative estimate of drug-likeness (QED) is 0.546. The number of carbonyl (C=O) groups is 2. The van der Waals surface area contributed by atoms with Crippen LogP contribution in [0.2, 0.25) is 0 Å². The first-order valence-electron chi connectivity index (χ1n) is 7.56. The van der Waals surface area contributed by atoms with E-state index in [0.717, 1.165) is 11.0 Å². The number of imidazole rings is 1. The Morgan fingerprint density at radius 1 is 1.12 bits per heavy atom. The molecule has 1 aromatic heterocycles. The normalized spacial score (nSPS) is 12.1. The molecule has 1 amide bonds. The van der Waals surface area contributed by atoms with Crippen LogP contribution in [0.1, 0.15) is 24.2 Å². The molecule has 3 aromatic rings. The van der Waals surface area contributed by atoms with Crippen LogP contribution in [0.25, 0.3) is 11.0 Å². The molecule has 0 spiro atoms. The molecule has 0 unspecified atom stereocenters. The molecular weight excluding hydrogens is 322 g/mol. The number of nitrogens with zero attached hydrogens (tertiary/aromatic N) is 1. The molecule has 5 nitrogen and oxygen atoms in total. The van der Waals surface area contributed by atoms with Crippen LogP contribution in [0, 0.1) is 0 Å². The number of thioether (sulfide) groups is 1. The van der Waals surface area contributed by atoms with Gasteiger partial charge in [-0.2, -0.15) is 0 Å². The molecule has 0 saturated carbocycles. The van der Waals surface area contributed by atoms with Gasteiger partial charge in [-0.05, 0) is 50.2 Å².